The number of hydrogen-bond donors (Lipinski definition) is 4. The van der Waals surface area contributed by atoms with Crippen LogP contribution in [-0.4, -0.2) is 34.3 Å². The van der Waals surface area contributed by atoms with Crippen molar-refractivity contribution in [3.63, 3.8) is 0 Å². The van der Waals surface area contributed by atoms with Gasteiger partial charge in [0.1, 0.15) is 16.4 Å². The third kappa shape index (κ3) is 4.81. The lowest BCUT2D eigenvalue weighted by molar-refractivity contribution is -0.123. The van der Waals surface area contributed by atoms with E-state index in [2.05, 4.69) is 25.9 Å². The van der Waals surface area contributed by atoms with E-state index in [0.29, 0.717) is 40.1 Å². The number of aromatic amines is 1. The number of aromatic nitrogens is 2. The van der Waals surface area contributed by atoms with Gasteiger partial charge < -0.3 is 25.7 Å². The Morgan fingerprint density at radius 2 is 2.00 bits per heavy atom. The highest BCUT2D eigenvalue weighted by atomic mass is 32.1. The van der Waals surface area contributed by atoms with E-state index in [1.54, 1.807) is 30.3 Å². The van der Waals surface area contributed by atoms with Crippen LogP contribution in [0.2, 0.25) is 0 Å². The molecule has 12 heteroatoms. The van der Waals surface area contributed by atoms with Gasteiger partial charge in [0.15, 0.2) is 6.61 Å². The Morgan fingerprint density at radius 1 is 1.20 bits per heavy atom. The number of ether oxygens (including phenoxy) is 1. The summed E-state index contributed by atoms with van der Waals surface area (Å²) in [5, 5.41) is 8.75. The third-order valence-electron chi connectivity index (χ3n) is 7.07. The van der Waals surface area contributed by atoms with Crippen molar-refractivity contribution < 1.29 is 23.5 Å². The van der Waals surface area contributed by atoms with Crippen molar-refractivity contribution in [2.24, 2.45) is 0 Å². The number of thiophene rings is 1. The first-order valence-corrected chi connectivity index (χ1v) is 13.5. The molecule has 0 saturated heterocycles. The van der Waals surface area contributed by atoms with Gasteiger partial charge in [0.2, 0.25) is 11.7 Å². The van der Waals surface area contributed by atoms with Crippen molar-refractivity contribution in [3.05, 3.63) is 86.0 Å². The SMILES string of the molecule is C[C@@H](NC(=O)C1CCc2sc3nc(C(=O)NCc4ccc5c(c4)NC(=O)CO5)[nH]c(=O)c3c21)c1ccc(F)cc1. The van der Waals surface area contributed by atoms with Crippen LogP contribution < -0.4 is 26.2 Å². The maximum absolute atomic E-state index is 13.3. The number of H-pyrrole nitrogens is 1. The predicted molar refractivity (Wildman–Crippen MR) is 146 cm³/mol. The molecule has 0 radical (unpaired) electrons. The van der Waals surface area contributed by atoms with Crippen LogP contribution in [0.3, 0.4) is 0 Å². The van der Waals surface area contributed by atoms with E-state index in [1.807, 2.05) is 6.92 Å². The number of hydrogen-bond acceptors (Lipinski definition) is 7. The monoisotopic (exact) mass is 561 g/mol. The van der Waals surface area contributed by atoms with E-state index >= 15 is 0 Å². The lowest BCUT2D eigenvalue weighted by Gasteiger charge is -2.18. The standard InChI is InChI=1S/C28H24FN5O5S/c1-13(15-3-5-16(29)6-4-15)31-25(36)17-7-9-20-22(17)23-26(37)33-24(34-28(23)40-20)27(38)30-11-14-2-8-19-18(10-14)32-21(35)12-39-19/h2-6,8,10,13,17H,7,9,11-12H2,1H3,(H,30,38)(H,31,36)(H,32,35)(H,33,34,37)/t13-,17?/m1/s1. The number of amides is 3. The lowest BCUT2D eigenvalue weighted by Crippen LogP contribution is -2.31. The Bertz CT molecular complexity index is 1730. The quantitative estimate of drug-likeness (QED) is 0.285. The number of nitrogens with one attached hydrogen (secondary N) is 4. The number of halogens is 1. The minimum Gasteiger partial charge on any atom is -0.482 e. The molecule has 2 aromatic carbocycles. The second-order valence-electron chi connectivity index (χ2n) is 9.76. The van der Waals surface area contributed by atoms with E-state index < -0.39 is 17.4 Å². The van der Waals surface area contributed by atoms with Crippen molar-refractivity contribution in [1.82, 2.24) is 20.6 Å². The zero-order valence-corrected chi connectivity index (χ0v) is 22.1. The minimum atomic E-state index is -0.562. The number of fused-ring (bicyclic) bond motifs is 4. The van der Waals surface area contributed by atoms with Crippen LogP contribution in [0, 0.1) is 5.82 Å². The molecule has 3 amide bonds. The fourth-order valence-corrected chi connectivity index (χ4v) is 6.32. The number of anilines is 1. The predicted octanol–water partition coefficient (Wildman–Crippen LogP) is 3.29. The van der Waals surface area contributed by atoms with Crippen molar-refractivity contribution >= 4 is 45.0 Å². The number of benzene rings is 2. The second kappa shape index (κ2) is 10.2. The van der Waals surface area contributed by atoms with Crippen LogP contribution in [0.5, 0.6) is 5.75 Å². The summed E-state index contributed by atoms with van der Waals surface area (Å²) in [5.41, 5.74) is 2.19. The smallest absolute Gasteiger partial charge is 0.287 e. The van der Waals surface area contributed by atoms with E-state index in [0.717, 1.165) is 16.0 Å². The molecule has 1 aliphatic heterocycles. The Balaban J connectivity index is 1.18. The van der Waals surface area contributed by atoms with Crippen LogP contribution in [0.25, 0.3) is 10.2 Å². The van der Waals surface area contributed by atoms with Gasteiger partial charge >= 0.3 is 0 Å². The van der Waals surface area contributed by atoms with Gasteiger partial charge in [-0.25, -0.2) is 9.37 Å². The molecular weight excluding hydrogens is 537 g/mol. The number of aryl methyl sites for hydroxylation is 1. The number of rotatable bonds is 6. The molecule has 10 nitrogen and oxygen atoms in total. The highest BCUT2D eigenvalue weighted by Crippen LogP contribution is 2.42. The van der Waals surface area contributed by atoms with Crippen LogP contribution in [-0.2, 0) is 22.6 Å². The highest BCUT2D eigenvalue weighted by Gasteiger charge is 2.35. The highest BCUT2D eigenvalue weighted by molar-refractivity contribution is 7.18. The molecule has 2 aliphatic rings. The third-order valence-corrected chi connectivity index (χ3v) is 8.23. The molecule has 1 unspecified atom stereocenters. The van der Waals surface area contributed by atoms with Gasteiger partial charge in [-0.3, -0.25) is 19.2 Å². The van der Waals surface area contributed by atoms with Gasteiger partial charge in [-0.05, 0) is 60.7 Å². The first-order chi connectivity index (χ1) is 19.3. The second-order valence-corrected chi connectivity index (χ2v) is 10.8. The molecule has 40 heavy (non-hydrogen) atoms. The first-order valence-electron chi connectivity index (χ1n) is 12.7. The lowest BCUT2D eigenvalue weighted by atomic mass is 9.99. The van der Waals surface area contributed by atoms with Crippen molar-refractivity contribution in [2.75, 3.05) is 11.9 Å². The molecule has 0 spiro atoms. The molecule has 4 aromatic rings. The Labute approximate surface area is 231 Å². The Morgan fingerprint density at radius 3 is 2.80 bits per heavy atom. The topological polar surface area (TPSA) is 142 Å². The van der Waals surface area contributed by atoms with Crippen LogP contribution >= 0.6 is 11.3 Å². The largest absolute Gasteiger partial charge is 0.482 e. The molecular formula is C28H24FN5O5S. The van der Waals surface area contributed by atoms with Gasteiger partial charge in [-0.2, -0.15) is 0 Å². The van der Waals surface area contributed by atoms with E-state index in [4.69, 9.17) is 4.74 Å². The molecule has 0 fully saturated rings. The molecule has 3 heterocycles. The van der Waals surface area contributed by atoms with Crippen molar-refractivity contribution in [2.45, 2.75) is 38.3 Å². The number of carbonyl (C=O) groups is 3. The molecule has 0 saturated carbocycles. The zero-order chi connectivity index (χ0) is 28.0. The van der Waals surface area contributed by atoms with E-state index in [-0.39, 0.29) is 42.6 Å². The van der Waals surface area contributed by atoms with E-state index in [9.17, 15) is 23.6 Å². The molecule has 2 aromatic heterocycles. The molecule has 0 bridgehead atoms. The summed E-state index contributed by atoms with van der Waals surface area (Å²) in [4.78, 5) is 59.1. The van der Waals surface area contributed by atoms with Crippen LogP contribution in [0.4, 0.5) is 10.1 Å². The molecule has 4 N–H and O–H groups in total. The van der Waals surface area contributed by atoms with Gasteiger partial charge in [-0.15, -0.1) is 11.3 Å². The first kappa shape index (κ1) is 25.7. The molecule has 2 atom stereocenters. The Hall–Kier alpha value is -4.58. The molecule has 6 rings (SSSR count). The zero-order valence-electron chi connectivity index (χ0n) is 21.3. The maximum Gasteiger partial charge on any atom is 0.287 e. The van der Waals surface area contributed by atoms with Gasteiger partial charge in [0, 0.05) is 11.4 Å². The minimum absolute atomic E-state index is 0.0444. The summed E-state index contributed by atoms with van der Waals surface area (Å²) in [6.45, 7) is 1.91. The number of nitrogens with zero attached hydrogens (tertiary/aromatic N) is 1. The Kier molecular flexibility index (Phi) is 6.54. The van der Waals surface area contributed by atoms with Crippen LogP contribution in [0.15, 0.2) is 47.3 Å². The molecule has 204 valence electrons. The number of carbonyl (C=O) groups excluding carboxylic acids is 3. The fraction of sp³-hybridized carbons (Fsp3) is 0.250. The van der Waals surface area contributed by atoms with Gasteiger partial charge in [0.25, 0.3) is 17.4 Å². The van der Waals surface area contributed by atoms with Gasteiger partial charge in [0.05, 0.1) is 23.0 Å². The summed E-state index contributed by atoms with van der Waals surface area (Å²) in [5.74, 6) is -1.49. The summed E-state index contributed by atoms with van der Waals surface area (Å²) in [6, 6.07) is 10.8. The summed E-state index contributed by atoms with van der Waals surface area (Å²) in [6.07, 6.45) is 1.19. The normalized spacial score (nSPS) is 16.4. The van der Waals surface area contributed by atoms with Crippen molar-refractivity contribution in [3.8, 4) is 5.75 Å². The van der Waals surface area contributed by atoms with Gasteiger partial charge in [-0.1, -0.05) is 18.2 Å². The van der Waals surface area contributed by atoms with Crippen LogP contribution in [0.1, 0.15) is 57.5 Å². The average Bonchev–Trinajstić information content (AvgIpc) is 3.51. The van der Waals surface area contributed by atoms with E-state index in [1.165, 1.54) is 23.5 Å². The average molecular weight is 562 g/mol. The fourth-order valence-electron chi connectivity index (χ4n) is 5.07. The van der Waals surface area contributed by atoms with Crippen molar-refractivity contribution in [1.29, 1.82) is 0 Å². The molecule has 1 aliphatic carbocycles. The summed E-state index contributed by atoms with van der Waals surface area (Å²) < 4.78 is 18.6. The summed E-state index contributed by atoms with van der Waals surface area (Å²) >= 11 is 1.31. The maximum atomic E-state index is 13.3. The summed E-state index contributed by atoms with van der Waals surface area (Å²) in [7, 11) is 0.